The van der Waals surface area contributed by atoms with E-state index in [9.17, 15) is 0 Å². The Labute approximate surface area is 121 Å². The molecule has 3 heterocycles. The Morgan fingerprint density at radius 1 is 1.35 bits per heavy atom. The van der Waals surface area contributed by atoms with Crippen LogP contribution in [0, 0.1) is 7.05 Å². The number of rotatable bonds is 3. The molecule has 0 aliphatic carbocycles. The number of likely N-dealkylation sites (tertiary alicyclic amines) is 1. The Morgan fingerprint density at radius 2 is 2.15 bits per heavy atom. The van der Waals surface area contributed by atoms with Crippen LogP contribution in [-0.2, 0) is 24.2 Å². The highest BCUT2D eigenvalue weighted by atomic mass is 16.5. The summed E-state index contributed by atoms with van der Waals surface area (Å²) in [4.78, 5) is 13.8. The van der Waals surface area contributed by atoms with Gasteiger partial charge in [0.25, 0.3) is 0 Å². The highest BCUT2D eigenvalue weighted by Gasteiger charge is 2.20. The molecule has 0 unspecified atom stereocenters. The van der Waals surface area contributed by atoms with Gasteiger partial charge in [-0.15, -0.1) is 0 Å². The second-order valence-electron chi connectivity index (χ2n) is 5.77. The van der Waals surface area contributed by atoms with Crippen molar-refractivity contribution in [2.45, 2.75) is 38.5 Å². The Hall–Kier alpha value is -1.04. The summed E-state index contributed by atoms with van der Waals surface area (Å²) in [5.41, 5.74) is 2.44. The molecular formula is C15H23N4O-. The summed E-state index contributed by atoms with van der Waals surface area (Å²) >= 11 is 0. The normalized spacial score (nSPS) is 21.9. The van der Waals surface area contributed by atoms with Crippen LogP contribution in [0.5, 0.6) is 0 Å². The molecular weight excluding hydrogens is 252 g/mol. The molecule has 1 aromatic heterocycles. The van der Waals surface area contributed by atoms with Crippen LogP contribution in [-0.4, -0.2) is 52.6 Å². The maximum absolute atomic E-state index is 5.41. The molecule has 0 saturated carbocycles. The van der Waals surface area contributed by atoms with Gasteiger partial charge in [0.2, 0.25) is 0 Å². The Morgan fingerprint density at radius 3 is 2.90 bits per heavy atom. The lowest BCUT2D eigenvalue weighted by molar-refractivity contribution is 0.0381. The lowest BCUT2D eigenvalue weighted by Crippen LogP contribution is -2.36. The van der Waals surface area contributed by atoms with Gasteiger partial charge in [-0.25, -0.2) is 9.97 Å². The van der Waals surface area contributed by atoms with Crippen molar-refractivity contribution in [1.29, 1.82) is 0 Å². The third kappa shape index (κ3) is 3.16. The summed E-state index contributed by atoms with van der Waals surface area (Å²) < 4.78 is 5.41. The zero-order valence-electron chi connectivity index (χ0n) is 12.2. The highest BCUT2D eigenvalue weighted by molar-refractivity contribution is 5.20. The molecule has 20 heavy (non-hydrogen) atoms. The molecule has 0 aromatic carbocycles. The fraction of sp³-hybridized carbons (Fsp3) is 0.667. The summed E-state index contributed by atoms with van der Waals surface area (Å²) in [6.45, 7) is 4.87. The predicted octanol–water partition coefficient (Wildman–Crippen LogP) is 1.24. The topological polar surface area (TPSA) is 41.5 Å². The van der Waals surface area contributed by atoms with E-state index in [4.69, 9.17) is 9.72 Å². The molecule has 0 bridgehead atoms. The molecule has 0 radical (unpaired) electrons. The number of hydrogen-bond donors (Lipinski definition) is 0. The van der Waals surface area contributed by atoms with Crippen molar-refractivity contribution in [2.24, 2.45) is 0 Å². The molecule has 0 amide bonds. The first kappa shape index (κ1) is 13.9. The number of aromatic nitrogens is 2. The molecule has 1 aromatic rings. The average molecular weight is 275 g/mol. The van der Waals surface area contributed by atoms with Crippen molar-refractivity contribution < 1.29 is 4.74 Å². The van der Waals surface area contributed by atoms with Crippen LogP contribution in [0.2, 0.25) is 0 Å². The number of ether oxygens (including phenoxy) is 1. The van der Waals surface area contributed by atoms with Crippen molar-refractivity contribution in [3.63, 3.8) is 0 Å². The van der Waals surface area contributed by atoms with E-state index in [1.54, 1.807) is 7.11 Å². The van der Waals surface area contributed by atoms with Crippen molar-refractivity contribution in [1.82, 2.24) is 19.8 Å². The standard InChI is InChI=1S/C15H23N4O/c1-18-6-5-14-12(10-18)9-16-15(17-14)11-19-7-3-13(20-2)4-8-19/h9,13H,1,3-8,10-11H2,2H3/q-1. The Bertz CT molecular complexity index is 457. The van der Waals surface area contributed by atoms with Crippen LogP contribution in [0.15, 0.2) is 6.20 Å². The third-order valence-corrected chi connectivity index (χ3v) is 4.30. The van der Waals surface area contributed by atoms with Crippen LogP contribution in [0.3, 0.4) is 0 Å². The van der Waals surface area contributed by atoms with Gasteiger partial charge in [0.05, 0.1) is 12.6 Å². The van der Waals surface area contributed by atoms with Crippen LogP contribution in [0.4, 0.5) is 0 Å². The van der Waals surface area contributed by atoms with Crippen molar-refractivity contribution in [3.05, 3.63) is 30.3 Å². The van der Waals surface area contributed by atoms with Gasteiger partial charge >= 0.3 is 0 Å². The fourth-order valence-corrected chi connectivity index (χ4v) is 3.00. The SMILES string of the molecule is [CH2-]N1CCc2nc(CN3CCC(OC)CC3)ncc2C1. The monoisotopic (exact) mass is 275 g/mol. The van der Waals surface area contributed by atoms with Crippen molar-refractivity contribution >= 4 is 0 Å². The van der Waals surface area contributed by atoms with E-state index < -0.39 is 0 Å². The largest absolute Gasteiger partial charge is 0.455 e. The highest BCUT2D eigenvalue weighted by Crippen LogP contribution is 2.18. The van der Waals surface area contributed by atoms with E-state index in [1.165, 1.54) is 11.3 Å². The summed E-state index contributed by atoms with van der Waals surface area (Å²) in [5, 5.41) is 0. The summed E-state index contributed by atoms with van der Waals surface area (Å²) in [5.74, 6) is 0.956. The predicted molar refractivity (Wildman–Crippen MR) is 76.8 cm³/mol. The zero-order chi connectivity index (χ0) is 13.9. The Kier molecular flexibility index (Phi) is 4.29. The van der Waals surface area contributed by atoms with Gasteiger partial charge < -0.3 is 9.64 Å². The third-order valence-electron chi connectivity index (χ3n) is 4.30. The van der Waals surface area contributed by atoms with Gasteiger partial charge in [0.15, 0.2) is 0 Å². The van der Waals surface area contributed by atoms with E-state index in [-0.39, 0.29) is 0 Å². The first-order chi connectivity index (χ1) is 9.74. The number of hydrogen-bond acceptors (Lipinski definition) is 5. The number of piperidine rings is 1. The maximum atomic E-state index is 5.41. The van der Waals surface area contributed by atoms with Crippen LogP contribution < -0.4 is 0 Å². The first-order valence-corrected chi connectivity index (χ1v) is 7.39. The molecule has 5 nitrogen and oxygen atoms in total. The molecule has 5 heteroatoms. The van der Waals surface area contributed by atoms with E-state index in [2.05, 4.69) is 21.8 Å². The van der Waals surface area contributed by atoms with Gasteiger partial charge in [-0.1, -0.05) is 0 Å². The van der Waals surface area contributed by atoms with Crippen molar-refractivity contribution in [3.8, 4) is 0 Å². The lowest BCUT2D eigenvalue weighted by Gasteiger charge is -2.32. The molecule has 0 atom stereocenters. The van der Waals surface area contributed by atoms with Gasteiger partial charge in [0.1, 0.15) is 5.82 Å². The molecule has 1 fully saturated rings. The maximum Gasteiger partial charge on any atom is 0.142 e. The van der Waals surface area contributed by atoms with Gasteiger partial charge in [-0.3, -0.25) is 11.9 Å². The van der Waals surface area contributed by atoms with E-state index in [0.717, 1.165) is 57.8 Å². The number of nitrogens with zero attached hydrogens (tertiary/aromatic N) is 4. The molecule has 110 valence electrons. The van der Waals surface area contributed by atoms with Crippen LogP contribution in [0.1, 0.15) is 29.9 Å². The lowest BCUT2D eigenvalue weighted by atomic mass is 10.1. The number of fused-ring (bicyclic) bond motifs is 1. The molecule has 2 aliphatic rings. The average Bonchev–Trinajstić information content (AvgIpc) is 2.48. The minimum absolute atomic E-state index is 0.429. The van der Waals surface area contributed by atoms with Crippen LogP contribution >= 0.6 is 0 Å². The van der Waals surface area contributed by atoms with Gasteiger partial charge in [0, 0.05) is 44.1 Å². The molecule has 0 N–H and O–H groups in total. The molecule has 0 spiro atoms. The van der Waals surface area contributed by atoms with Crippen LogP contribution in [0.25, 0.3) is 0 Å². The second kappa shape index (κ2) is 6.16. The van der Waals surface area contributed by atoms with E-state index in [1.807, 2.05) is 6.20 Å². The molecule has 3 rings (SSSR count). The van der Waals surface area contributed by atoms with Gasteiger partial charge in [-0.05, 0) is 25.9 Å². The minimum atomic E-state index is 0.429. The van der Waals surface area contributed by atoms with E-state index in [0.29, 0.717) is 6.10 Å². The molecule has 1 saturated heterocycles. The first-order valence-electron chi connectivity index (χ1n) is 7.39. The second-order valence-corrected chi connectivity index (χ2v) is 5.77. The quantitative estimate of drug-likeness (QED) is 0.776. The number of methoxy groups -OCH3 is 1. The summed E-state index contributed by atoms with van der Waals surface area (Å²) in [7, 11) is 5.79. The zero-order valence-corrected chi connectivity index (χ0v) is 12.2. The smallest absolute Gasteiger partial charge is 0.142 e. The minimum Gasteiger partial charge on any atom is -0.455 e. The fourth-order valence-electron chi connectivity index (χ4n) is 3.00. The summed E-state index contributed by atoms with van der Waals surface area (Å²) in [6.07, 6.45) is 5.62. The Balaban J connectivity index is 1.61. The summed E-state index contributed by atoms with van der Waals surface area (Å²) in [6, 6.07) is 0. The van der Waals surface area contributed by atoms with Gasteiger partial charge in [-0.2, -0.15) is 0 Å². The van der Waals surface area contributed by atoms with E-state index >= 15 is 0 Å². The molecule has 2 aliphatic heterocycles. The van der Waals surface area contributed by atoms with Crippen molar-refractivity contribution in [2.75, 3.05) is 26.7 Å².